The van der Waals surface area contributed by atoms with Crippen molar-refractivity contribution in [2.45, 2.75) is 70.3 Å². The van der Waals surface area contributed by atoms with E-state index in [1.807, 2.05) is 4.90 Å². The maximum atomic E-state index is 12.7. The summed E-state index contributed by atoms with van der Waals surface area (Å²) in [7, 11) is 0. The highest BCUT2D eigenvalue weighted by Gasteiger charge is 2.26. The Labute approximate surface area is 155 Å². The SMILES string of the molecule is CC1CCCCN1C(=O)c1cc(-c2ccc(C3CCCCC3)cc2)on1. The Morgan fingerprint density at radius 1 is 1.04 bits per heavy atom. The van der Waals surface area contributed by atoms with Crippen molar-refractivity contribution in [1.29, 1.82) is 0 Å². The van der Waals surface area contributed by atoms with Crippen LogP contribution >= 0.6 is 0 Å². The third-order valence-electron chi connectivity index (χ3n) is 6.06. The van der Waals surface area contributed by atoms with Gasteiger partial charge >= 0.3 is 0 Å². The summed E-state index contributed by atoms with van der Waals surface area (Å²) in [5, 5.41) is 4.05. The lowest BCUT2D eigenvalue weighted by Crippen LogP contribution is -2.42. The fraction of sp³-hybridized carbons (Fsp3) is 0.545. The van der Waals surface area contributed by atoms with E-state index in [-0.39, 0.29) is 11.9 Å². The predicted octanol–water partition coefficient (Wildman–Crippen LogP) is 5.40. The van der Waals surface area contributed by atoms with Crippen molar-refractivity contribution in [2.75, 3.05) is 6.54 Å². The van der Waals surface area contributed by atoms with Gasteiger partial charge in [-0.15, -0.1) is 0 Å². The van der Waals surface area contributed by atoms with E-state index >= 15 is 0 Å². The van der Waals surface area contributed by atoms with Gasteiger partial charge in [-0.25, -0.2) is 0 Å². The molecular formula is C22H28N2O2. The molecule has 0 spiro atoms. The summed E-state index contributed by atoms with van der Waals surface area (Å²) in [6.45, 7) is 2.93. The topological polar surface area (TPSA) is 46.3 Å². The van der Waals surface area contributed by atoms with Crippen molar-refractivity contribution < 1.29 is 9.32 Å². The Balaban J connectivity index is 1.48. The molecule has 1 saturated carbocycles. The van der Waals surface area contributed by atoms with E-state index < -0.39 is 0 Å². The van der Waals surface area contributed by atoms with E-state index in [1.165, 1.54) is 44.1 Å². The van der Waals surface area contributed by atoms with Crippen LogP contribution in [0.15, 0.2) is 34.9 Å². The molecule has 2 fully saturated rings. The number of likely N-dealkylation sites (tertiary alicyclic amines) is 1. The molecule has 4 rings (SSSR count). The Bertz CT molecular complexity index is 744. The maximum absolute atomic E-state index is 12.7. The number of amides is 1. The molecule has 1 amide bonds. The molecular weight excluding hydrogens is 324 g/mol. The Morgan fingerprint density at radius 2 is 1.77 bits per heavy atom. The molecule has 4 heteroatoms. The zero-order chi connectivity index (χ0) is 17.9. The van der Waals surface area contributed by atoms with Gasteiger partial charge in [0, 0.05) is 24.2 Å². The average molecular weight is 352 g/mol. The Morgan fingerprint density at radius 3 is 2.50 bits per heavy atom. The first-order valence-electron chi connectivity index (χ1n) is 10.1. The number of hydrogen-bond acceptors (Lipinski definition) is 3. The normalized spacial score (nSPS) is 21.7. The molecule has 2 heterocycles. The molecule has 1 aromatic heterocycles. The summed E-state index contributed by atoms with van der Waals surface area (Å²) in [6, 6.07) is 10.7. The summed E-state index contributed by atoms with van der Waals surface area (Å²) in [6.07, 6.45) is 10.00. The second kappa shape index (κ2) is 7.65. The second-order valence-corrected chi connectivity index (χ2v) is 7.88. The summed E-state index contributed by atoms with van der Waals surface area (Å²) >= 11 is 0. The standard InChI is InChI=1S/C22H28N2O2/c1-16-7-5-6-14-24(16)22(25)20-15-21(26-23-20)19-12-10-18(11-13-19)17-8-3-2-4-9-17/h10-13,15-17H,2-9,14H2,1H3. The van der Waals surface area contributed by atoms with Gasteiger partial charge in [-0.1, -0.05) is 48.7 Å². The number of benzene rings is 1. The summed E-state index contributed by atoms with van der Waals surface area (Å²) in [5.41, 5.74) is 2.83. The molecule has 0 bridgehead atoms. The summed E-state index contributed by atoms with van der Waals surface area (Å²) < 4.78 is 5.49. The van der Waals surface area contributed by atoms with Crippen molar-refractivity contribution in [3.05, 3.63) is 41.6 Å². The van der Waals surface area contributed by atoms with Gasteiger partial charge in [0.2, 0.25) is 0 Å². The quantitative estimate of drug-likeness (QED) is 0.742. The number of rotatable bonds is 3. The first kappa shape index (κ1) is 17.3. The predicted molar refractivity (Wildman–Crippen MR) is 102 cm³/mol. The van der Waals surface area contributed by atoms with Crippen LogP contribution in [0.4, 0.5) is 0 Å². The van der Waals surface area contributed by atoms with Gasteiger partial charge in [-0.3, -0.25) is 4.79 Å². The summed E-state index contributed by atoms with van der Waals surface area (Å²) in [5.74, 6) is 1.37. The minimum absolute atomic E-state index is 0.00831. The molecule has 1 unspecified atom stereocenters. The molecule has 1 aliphatic heterocycles. The Hall–Kier alpha value is -2.10. The number of hydrogen-bond donors (Lipinski definition) is 0. The van der Waals surface area contributed by atoms with E-state index in [2.05, 4.69) is 36.3 Å². The largest absolute Gasteiger partial charge is 0.355 e. The van der Waals surface area contributed by atoms with Gasteiger partial charge in [0.25, 0.3) is 5.91 Å². The molecule has 1 aromatic carbocycles. The zero-order valence-electron chi connectivity index (χ0n) is 15.6. The Kier molecular flexibility index (Phi) is 5.09. The third kappa shape index (κ3) is 3.55. The lowest BCUT2D eigenvalue weighted by Gasteiger charge is -2.32. The van der Waals surface area contributed by atoms with Crippen molar-refractivity contribution >= 4 is 5.91 Å². The fourth-order valence-corrected chi connectivity index (χ4v) is 4.41. The van der Waals surface area contributed by atoms with E-state index in [1.54, 1.807) is 6.07 Å². The molecule has 0 radical (unpaired) electrons. The van der Waals surface area contributed by atoms with E-state index in [0.717, 1.165) is 24.9 Å². The average Bonchev–Trinajstić information content (AvgIpc) is 3.19. The monoisotopic (exact) mass is 352 g/mol. The van der Waals surface area contributed by atoms with Crippen LogP contribution in [0.25, 0.3) is 11.3 Å². The smallest absolute Gasteiger partial charge is 0.276 e. The zero-order valence-corrected chi connectivity index (χ0v) is 15.6. The molecule has 1 atom stereocenters. The molecule has 1 saturated heterocycles. The van der Waals surface area contributed by atoms with Crippen molar-refractivity contribution in [3.8, 4) is 11.3 Å². The van der Waals surface area contributed by atoms with Crippen molar-refractivity contribution in [1.82, 2.24) is 10.1 Å². The minimum atomic E-state index is -0.00831. The molecule has 138 valence electrons. The van der Waals surface area contributed by atoms with Gasteiger partial charge in [-0.05, 0) is 50.5 Å². The number of carbonyl (C=O) groups is 1. The van der Waals surface area contributed by atoms with Gasteiger partial charge in [0.05, 0.1) is 0 Å². The minimum Gasteiger partial charge on any atom is -0.355 e. The molecule has 2 aliphatic rings. The van der Waals surface area contributed by atoms with Crippen LogP contribution in [-0.4, -0.2) is 28.6 Å². The van der Waals surface area contributed by atoms with Gasteiger partial charge < -0.3 is 9.42 Å². The van der Waals surface area contributed by atoms with Gasteiger partial charge in [0.15, 0.2) is 11.5 Å². The van der Waals surface area contributed by atoms with Crippen LogP contribution in [0, 0.1) is 0 Å². The van der Waals surface area contributed by atoms with Crippen molar-refractivity contribution in [3.63, 3.8) is 0 Å². The number of nitrogens with zero attached hydrogens (tertiary/aromatic N) is 2. The fourth-order valence-electron chi connectivity index (χ4n) is 4.41. The number of carbonyl (C=O) groups excluding carboxylic acids is 1. The van der Waals surface area contributed by atoms with E-state index in [9.17, 15) is 4.79 Å². The van der Waals surface area contributed by atoms with Crippen LogP contribution in [0.3, 0.4) is 0 Å². The molecule has 1 aliphatic carbocycles. The van der Waals surface area contributed by atoms with Crippen molar-refractivity contribution in [2.24, 2.45) is 0 Å². The first-order chi connectivity index (χ1) is 12.7. The lowest BCUT2D eigenvalue weighted by molar-refractivity contribution is 0.0625. The summed E-state index contributed by atoms with van der Waals surface area (Å²) in [4.78, 5) is 14.6. The van der Waals surface area contributed by atoms with Gasteiger partial charge in [0.1, 0.15) is 0 Å². The van der Waals surface area contributed by atoms with Crippen LogP contribution in [-0.2, 0) is 0 Å². The molecule has 0 N–H and O–H groups in total. The maximum Gasteiger partial charge on any atom is 0.276 e. The van der Waals surface area contributed by atoms with E-state index in [4.69, 9.17) is 4.52 Å². The van der Waals surface area contributed by atoms with Crippen LogP contribution in [0.5, 0.6) is 0 Å². The second-order valence-electron chi connectivity index (χ2n) is 7.88. The molecule has 26 heavy (non-hydrogen) atoms. The number of aromatic nitrogens is 1. The molecule has 4 nitrogen and oxygen atoms in total. The highest BCUT2D eigenvalue weighted by atomic mass is 16.5. The van der Waals surface area contributed by atoms with Gasteiger partial charge in [-0.2, -0.15) is 0 Å². The van der Waals surface area contributed by atoms with Crippen LogP contribution in [0.2, 0.25) is 0 Å². The third-order valence-corrected chi connectivity index (χ3v) is 6.06. The molecule has 2 aromatic rings. The van der Waals surface area contributed by atoms with Crippen LogP contribution in [0.1, 0.15) is 80.3 Å². The number of piperidine rings is 1. The van der Waals surface area contributed by atoms with E-state index in [0.29, 0.717) is 17.4 Å². The lowest BCUT2D eigenvalue weighted by atomic mass is 9.84. The highest BCUT2D eigenvalue weighted by Crippen LogP contribution is 2.33. The first-order valence-corrected chi connectivity index (χ1v) is 10.1. The highest BCUT2D eigenvalue weighted by molar-refractivity contribution is 5.93. The van der Waals surface area contributed by atoms with Crippen LogP contribution < -0.4 is 0 Å².